The number of rotatable bonds is 2. The average Bonchev–Trinajstić information content (AvgIpc) is 3.18. The predicted octanol–water partition coefficient (Wildman–Crippen LogP) is 3.79. The first-order chi connectivity index (χ1) is 10.4. The van der Waals surface area contributed by atoms with E-state index in [1.807, 2.05) is 15.8 Å². The van der Waals surface area contributed by atoms with Crippen LogP contribution in [0, 0.1) is 5.92 Å². The molecule has 2 fully saturated rings. The number of hydrogen-bond acceptors (Lipinski definition) is 3. The molecule has 3 rings (SSSR count). The van der Waals surface area contributed by atoms with Gasteiger partial charge in [0.25, 0.3) is 0 Å². The topological polar surface area (TPSA) is 47.4 Å². The number of nitrogens with zero attached hydrogens (tertiary/aromatic N) is 3. The molecule has 1 aliphatic carbocycles. The van der Waals surface area contributed by atoms with Crippen LogP contribution in [-0.2, 0) is 5.54 Å². The van der Waals surface area contributed by atoms with Crippen LogP contribution in [0.1, 0.15) is 59.3 Å². The van der Waals surface area contributed by atoms with Crippen LogP contribution < -0.4 is 4.74 Å². The normalized spacial score (nSPS) is 23.2. The second kappa shape index (κ2) is 5.94. The van der Waals surface area contributed by atoms with E-state index in [2.05, 4.69) is 25.9 Å². The first-order valence-electron chi connectivity index (χ1n) is 8.50. The highest BCUT2D eigenvalue weighted by Crippen LogP contribution is 2.35. The third kappa shape index (κ3) is 3.13. The molecule has 2 heterocycles. The van der Waals surface area contributed by atoms with E-state index < -0.39 is 0 Å². The Labute approximate surface area is 132 Å². The third-order valence-corrected chi connectivity index (χ3v) is 4.92. The van der Waals surface area contributed by atoms with E-state index in [4.69, 9.17) is 4.74 Å². The Hall–Kier alpha value is -1.52. The fraction of sp³-hybridized carbons (Fsp3) is 0.765. The molecule has 5 heteroatoms. The van der Waals surface area contributed by atoms with Gasteiger partial charge in [0.15, 0.2) is 0 Å². The lowest BCUT2D eigenvalue weighted by Gasteiger charge is -2.28. The Morgan fingerprint density at radius 1 is 1.23 bits per heavy atom. The monoisotopic (exact) mass is 305 g/mol. The highest BCUT2D eigenvalue weighted by atomic mass is 16.6. The number of likely N-dealkylation sites (tertiary alicyclic amines) is 1. The van der Waals surface area contributed by atoms with Crippen molar-refractivity contribution in [3.8, 4) is 5.88 Å². The molecule has 0 aromatic carbocycles. The van der Waals surface area contributed by atoms with Crippen LogP contribution in [0.2, 0.25) is 0 Å². The van der Waals surface area contributed by atoms with Crippen molar-refractivity contribution >= 4 is 6.09 Å². The molecule has 0 spiro atoms. The van der Waals surface area contributed by atoms with E-state index in [0.29, 0.717) is 17.8 Å². The summed E-state index contributed by atoms with van der Waals surface area (Å²) < 4.78 is 7.35. The summed E-state index contributed by atoms with van der Waals surface area (Å²) in [5.41, 5.74) is -0.106. The molecule has 1 aliphatic heterocycles. The van der Waals surface area contributed by atoms with Gasteiger partial charge in [-0.2, -0.15) is 0 Å². The Balaban J connectivity index is 1.64. The van der Waals surface area contributed by atoms with Crippen LogP contribution in [0.25, 0.3) is 0 Å². The summed E-state index contributed by atoms with van der Waals surface area (Å²) in [5.74, 6) is 1.07. The van der Waals surface area contributed by atoms with Gasteiger partial charge in [0.1, 0.15) is 0 Å². The van der Waals surface area contributed by atoms with Crippen LogP contribution in [0.3, 0.4) is 0 Å². The molecule has 1 saturated carbocycles. The van der Waals surface area contributed by atoms with Gasteiger partial charge in [-0.25, -0.2) is 4.79 Å². The summed E-state index contributed by atoms with van der Waals surface area (Å²) in [6.07, 6.45) is 8.97. The molecule has 2 aliphatic rings. The van der Waals surface area contributed by atoms with Gasteiger partial charge in [-0.1, -0.05) is 12.8 Å². The average molecular weight is 305 g/mol. The zero-order chi connectivity index (χ0) is 15.7. The Kier molecular flexibility index (Phi) is 4.15. The van der Waals surface area contributed by atoms with E-state index in [0.717, 1.165) is 19.4 Å². The third-order valence-electron chi connectivity index (χ3n) is 4.92. The van der Waals surface area contributed by atoms with Crippen LogP contribution in [0.5, 0.6) is 5.88 Å². The lowest BCUT2D eigenvalue weighted by atomic mass is 9.96. The number of carbonyl (C=O) groups excluding carboxylic acids is 1. The van der Waals surface area contributed by atoms with E-state index in [1.54, 1.807) is 6.07 Å². The first-order valence-corrected chi connectivity index (χ1v) is 8.50. The number of carbonyl (C=O) groups is 1. The first kappa shape index (κ1) is 15.4. The minimum Gasteiger partial charge on any atom is -0.389 e. The second-order valence-electron chi connectivity index (χ2n) is 7.58. The lowest BCUT2D eigenvalue weighted by Crippen LogP contribution is -2.41. The molecule has 0 bridgehead atoms. The fourth-order valence-electron chi connectivity index (χ4n) is 3.73. The molecule has 0 N–H and O–H groups in total. The smallest absolute Gasteiger partial charge is 0.389 e. The van der Waals surface area contributed by atoms with Gasteiger partial charge in [-0.05, 0) is 52.4 Å². The highest BCUT2D eigenvalue weighted by molar-refractivity contribution is 5.71. The quantitative estimate of drug-likeness (QED) is 0.835. The van der Waals surface area contributed by atoms with Crippen LogP contribution in [0.4, 0.5) is 4.79 Å². The minimum absolute atomic E-state index is 0.106. The zero-order valence-corrected chi connectivity index (χ0v) is 13.9. The number of aromatic nitrogens is 2. The standard InChI is InChI=1S/C17H27N3O2/c1-17(2,3)20-12-10-15(18-20)22-16(21)19-11-6-9-14(19)13-7-4-5-8-13/h10,12-14H,4-9,11H2,1-3H3. The van der Waals surface area contributed by atoms with Gasteiger partial charge in [-0.3, -0.25) is 4.68 Å². The summed E-state index contributed by atoms with van der Waals surface area (Å²) in [6, 6.07) is 2.14. The molecule has 1 aromatic heterocycles. The molecule has 122 valence electrons. The minimum atomic E-state index is -0.228. The van der Waals surface area contributed by atoms with Gasteiger partial charge in [0, 0.05) is 24.8 Å². The maximum atomic E-state index is 12.5. The summed E-state index contributed by atoms with van der Waals surface area (Å²) in [6.45, 7) is 7.03. The van der Waals surface area contributed by atoms with E-state index in [1.165, 1.54) is 25.7 Å². The van der Waals surface area contributed by atoms with Crippen molar-refractivity contribution in [2.75, 3.05) is 6.54 Å². The molecular weight excluding hydrogens is 278 g/mol. The van der Waals surface area contributed by atoms with Gasteiger partial charge in [-0.15, -0.1) is 5.10 Å². The zero-order valence-electron chi connectivity index (χ0n) is 13.9. The Bertz CT molecular complexity index is 526. The largest absolute Gasteiger partial charge is 0.416 e. The molecular formula is C17H27N3O2. The molecule has 1 saturated heterocycles. The lowest BCUT2D eigenvalue weighted by molar-refractivity contribution is 0.129. The summed E-state index contributed by atoms with van der Waals surface area (Å²) in [7, 11) is 0. The summed E-state index contributed by atoms with van der Waals surface area (Å²) in [4.78, 5) is 14.4. The molecule has 1 unspecified atom stereocenters. The highest BCUT2D eigenvalue weighted by Gasteiger charge is 2.37. The van der Waals surface area contributed by atoms with Crippen molar-refractivity contribution in [3.05, 3.63) is 12.3 Å². The molecule has 1 aromatic rings. The van der Waals surface area contributed by atoms with E-state index >= 15 is 0 Å². The molecule has 1 atom stereocenters. The van der Waals surface area contributed by atoms with E-state index in [9.17, 15) is 4.79 Å². The van der Waals surface area contributed by atoms with Crippen molar-refractivity contribution in [3.63, 3.8) is 0 Å². The van der Waals surface area contributed by atoms with Crippen molar-refractivity contribution in [1.82, 2.24) is 14.7 Å². The van der Waals surface area contributed by atoms with E-state index in [-0.39, 0.29) is 11.6 Å². The predicted molar refractivity (Wildman–Crippen MR) is 84.9 cm³/mol. The SMILES string of the molecule is CC(C)(C)n1ccc(OC(=O)N2CCCC2C2CCCC2)n1. The molecule has 22 heavy (non-hydrogen) atoms. The number of ether oxygens (including phenoxy) is 1. The van der Waals surface area contributed by atoms with Gasteiger partial charge in [0.2, 0.25) is 5.88 Å². The van der Waals surface area contributed by atoms with Gasteiger partial charge < -0.3 is 9.64 Å². The van der Waals surface area contributed by atoms with Crippen molar-refractivity contribution in [2.24, 2.45) is 5.92 Å². The maximum absolute atomic E-state index is 12.5. The van der Waals surface area contributed by atoms with Crippen LogP contribution >= 0.6 is 0 Å². The Morgan fingerprint density at radius 3 is 2.59 bits per heavy atom. The van der Waals surface area contributed by atoms with Crippen LogP contribution in [-0.4, -0.2) is 33.4 Å². The van der Waals surface area contributed by atoms with Gasteiger partial charge in [0.05, 0.1) is 5.54 Å². The molecule has 0 radical (unpaired) electrons. The summed E-state index contributed by atoms with van der Waals surface area (Å²) in [5, 5.41) is 4.36. The van der Waals surface area contributed by atoms with Crippen molar-refractivity contribution in [1.29, 1.82) is 0 Å². The fourth-order valence-corrected chi connectivity index (χ4v) is 3.73. The Morgan fingerprint density at radius 2 is 1.95 bits per heavy atom. The number of amides is 1. The molecule has 1 amide bonds. The maximum Gasteiger partial charge on any atom is 0.416 e. The second-order valence-corrected chi connectivity index (χ2v) is 7.58. The van der Waals surface area contributed by atoms with Crippen LogP contribution in [0.15, 0.2) is 12.3 Å². The molecule has 5 nitrogen and oxygen atoms in total. The van der Waals surface area contributed by atoms with Crippen molar-refractivity contribution in [2.45, 2.75) is 70.9 Å². The summed E-state index contributed by atoms with van der Waals surface area (Å²) >= 11 is 0. The van der Waals surface area contributed by atoms with Gasteiger partial charge >= 0.3 is 6.09 Å². The number of hydrogen-bond donors (Lipinski definition) is 0. The van der Waals surface area contributed by atoms with Crippen molar-refractivity contribution < 1.29 is 9.53 Å².